The van der Waals surface area contributed by atoms with E-state index >= 15 is 0 Å². The van der Waals surface area contributed by atoms with Gasteiger partial charge in [0.15, 0.2) is 0 Å². The highest BCUT2D eigenvalue weighted by molar-refractivity contribution is 4.97. The smallest absolute Gasteiger partial charge is 0.0467 e. The van der Waals surface area contributed by atoms with Gasteiger partial charge in [-0.2, -0.15) is 0 Å². The maximum absolute atomic E-state index is 2.49. The van der Waals surface area contributed by atoms with Crippen LogP contribution in [0.1, 0.15) is 46.0 Å². The zero-order chi connectivity index (χ0) is 10.2. The van der Waals surface area contributed by atoms with Crippen molar-refractivity contribution >= 4 is 0 Å². The standard InChI is InChI=1S/C13H23N/c1-3-9-13-10-7-5-6-8-12-14(13)11-4-2/h3-4,9,11,13H,5-8,10,12H2,1-2H3/b9-3-,11-4-. The van der Waals surface area contributed by atoms with Gasteiger partial charge in [0.1, 0.15) is 0 Å². The molecule has 0 saturated carbocycles. The van der Waals surface area contributed by atoms with Crippen molar-refractivity contribution in [2.45, 2.75) is 52.0 Å². The second kappa shape index (κ2) is 6.69. The summed E-state index contributed by atoms with van der Waals surface area (Å²) in [7, 11) is 0. The number of hydrogen-bond acceptors (Lipinski definition) is 1. The molecule has 0 radical (unpaired) electrons. The fourth-order valence-electron chi connectivity index (χ4n) is 2.14. The summed E-state index contributed by atoms with van der Waals surface area (Å²) in [6, 6.07) is 0.636. The summed E-state index contributed by atoms with van der Waals surface area (Å²) < 4.78 is 0. The van der Waals surface area contributed by atoms with Crippen molar-refractivity contribution in [3.05, 3.63) is 24.4 Å². The molecule has 1 heteroatoms. The third kappa shape index (κ3) is 3.57. The molecule has 0 N–H and O–H groups in total. The van der Waals surface area contributed by atoms with Gasteiger partial charge in [0.05, 0.1) is 0 Å². The number of likely N-dealkylation sites (tertiary alicyclic amines) is 1. The van der Waals surface area contributed by atoms with Crippen molar-refractivity contribution in [2.24, 2.45) is 0 Å². The maximum atomic E-state index is 2.49. The lowest BCUT2D eigenvalue weighted by atomic mass is 10.0. The van der Waals surface area contributed by atoms with Gasteiger partial charge in [0.2, 0.25) is 0 Å². The number of hydrogen-bond donors (Lipinski definition) is 0. The average molecular weight is 193 g/mol. The van der Waals surface area contributed by atoms with Gasteiger partial charge in [0.25, 0.3) is 0 Å². The van der Waals surface area contributed by atoms with Crippen molar-refractivity contribution in [3.63, 3.8) is 0 Å². The van der Waals surface area contributed by atoms with Gasteiger partial charge in [-0.15, -0.1) is 0 Å². The molecular formula is C13H23N. The Hall–Kier alpha value is -0.720. The van der Waals surface area contributed by atoms with E-state index in [1.807, 2.05) is 0 Å². The van der Waals surface area contributed by atoms with Gasteiger partial charge >= 0.3 is 0 Å². The van der Waals surface area contributed by atoms with E-state index in [4.69, 9.17) is 0 Å². The minimum Gasteiger partial charge on any atom is -0.371 e. The third-order valence-electron chi connectivity index (χ3n) is 2.85. The van der Waals surface area contributed by atoms with Crippen molar-refractivity contribution in [1.29, 1.82) is 0 Å². The Morgan fingerprint density at radius 3 is 2.50 bits per heavy atom. The second-order valence-electron chi connectivity index (χ2n) is 4.02. The minimum absolute atomic E-state index is 0.636. The van der Waals surface area contributed by atoms with E-state index in [2.05, 4.69) is 43.2 Å². The molecule has 0 aromatic carbocycles. The fraction of sp³-hybridized carbons (Fsp3) is 0.692. The predicted octanol–water partition coefficient (Wildman–Crippen LogP) is 3.73. The first-order chi connectivity index (χ1) is 6.88. The summed E-state index contributed by atoms with van der Waals surface area (Å²) in [5.74, 6) is 0. The molecule has 14 heavy (non-hydrogen) atoms. The average Bonchev–Trinajstić information content (AvgIpc) is 2.16. The summed E-state index contributed by atoms with van der Waals surface area (Å²) in [5, 5.41) is 0. The third-order valence-corrected chi connectivity index (χ3v) is 2.85. The topological polar surface area (TPSA) is 3.24 Å². The molecule has 0 aliphatic carbocycles. The molecule has 0 bridgehead atoms. The maximum Gasteiger partial charge on any atom is 0.0467 e. The van der Waals surface area contributed by atoms with Gasteiger partial charge in [-0.25, -0.2) is 0 Å². The fourth-order valence-corrected chi connectivity index (χ4v) is 2.14. The molecule has 1 saturated heterocycles. The summed E-state index contributed by atoms with van der Waals surface area (Å²) in [4.78, 5) is 2.49. The summed E-state index contributed by atoms with van der Waals surface area (Å²) >= 11 is 0. The van der Waals surface area contributed by atoms with Crippen LogP contribution < -0.4 is 0 Å². The van der Waals surface area contributed by atoms with E-state index in [9.17, 15) is 0 Å². The predicted molar refractivity (Wildman–Crippen MR) is 63.2 cm³/mol. The molecule has 0 amide bonds. The van der Waals surface area contributed by atoms with E-state index in [0.29, 0.717) is 6.04 Å². The first kappa shape index (κ1) is 11.4. The first-order valence-electron chi connectivity index (χ1n) is 5.90. The quantitative estimate of drug-likeness (QED) is 0.604. The van der Waals surface area contributed by atoms with Gasteiger partial charge < -0.3 is 4.90 Å². The lowest BCUT2D eigenvalue weighted by Crippen LogP contribution is -2.31. The highest BCUT2D eigenvalue weighted by atomic mass is 15.1. The van der Waals surface area contributed by atoms with E-state index < -0.39 is 0 Å². The number of nitrogens with zero attached hydrogens (tertiary/aromatic N) is 1. The van der Waals surface area contributed by atoms with E-state index in [1.165, 1.54) is 38.6 Å². The summed E-state index contributed by atoms with van der Waals surface area (Å²) in [5.41, 5.74) is 0. The summed E-state index contributed by atoms with van der Waals surface area (Å²) in [6.45, 7) is 5.44. The van der Waals surface area contributed by atoms with Crippen molar-refractivity contribution < 1.29 is 0 Å². The van der Waals surface area contributed by atoms with Gasteiger partial charge in [-0.1, -0.05) is 37.5 Å². The molecule has 1 unspecified atom stereocenters. The Labute approximate surface area is 88.5 Å². The highest BCUT2D eigenvalue weighted by Gasteiger charge is 2.13. The molecule has 0 aromatic rings. The minimum atomic E-state index is 0.636. The Morgan fingerprint density at radius 1 is 1.00 bits per heavy atom. The Balaban J connectivity index is 2.59. The summed E-state index contributed by atoms with van der Waals surface area (Å²) in [6.07, 6.45) is 15.8. The van der Waals surface area contributed by atoms with E-state index in [1.54, 1.807) is 0 Å². The van der Waals surface area contributed by atoms with Gasteiger partial charge in [-0.05, 0) is 32.9 Å². The van der Waals surface area contributed by atoms with E-state index in [0.717, 1.165) is 0 Å². The number of rotatable bonds is 2. The SMILES string of the molecule is C/C=C\C1CCCCCCN1/C=C\C. The molecule has 1 fully saturated rings. The second-order valence-corrected chi connectivity index (χ2v) is 4.02. The van der Waals surface area contributed by atoms with Gasteiger partial charge in [-0.3, -0.25) is 0 Å². The molecule has 1 rings (SSSR count). The molecule has 80 valence electrons. The van der Waals surface area contributed by atoms with Crippen LogP contribution in [-0.2, 0) is 0 Å². The first-order valence-corrected chi connectivity index (χ1v) is 5.90. The molecule has 1 aliphatic heterocycles. The van der Waals surface area contributed by atoms with E-state index in [-0.39, 0.29) is 0 Å². The molecule has 1 heterocycles. The molecule has 0 spiro atoms. The van der Waals surface area contributed by atoms with Gasteiger partial charge in [0, 0.05) is 12.6 Å². The normalized spacial score (nSPS) is 25.6. The molecule has 1 nitrogen and oxygen atoms in total. The number of allylic oxidation sites excluding steroid dienone is 2. The molecule has 1 atom stereocenters. The largest absolute Gasteiger partial charge is 0.371 e. The molecular weight excluding hydrogens is 170 g/mol. The lowest BCUT2D eigenvalue weighted by Gasteiger charge is -2.30. The van der Waals surface area contributed by atoms with Crippen LogP contribution in [0.4, 0.5) is 0 Å². The lowest BCUT2D eigenvalue weighted by molar-refractivity contribution is 0.274. The Bertz CT molecular complexity index is 171. The van der Waals surface area contributed by atoms with Crippen LogP contribution in [-0.4, -0.2) is 17.5 Å². The van der Waals surface area contributed by atoms with Crippen LogP contribution in [0.25, 0.3) is 0 Å². The monoisotopic (exact) mass is 193 g/mol. The zero-order valence-corrected chi connectivity index (χ0v) is 9.58. The van der Waals surface area contributed by atoms with Crippen LogP contribution in [0.2, 0.25) is 0 Å². The zero-order valence-electron chi connectivity index (χ0n) is 9.58. The van der Waals surface area contributed by atoms with Crippen LogP contribution in [0.15, 0.2) is 24.4 Å². The molecule has 1 aliphatic rings. The Morgan fingerprint density at radius 2 is 1.79 bits per heavy atom. The van der Waals surface area contributed by atoms with Crippen LogP contribution in [0, 0.1) is 0 Å². The van der Waals surface area contributed by atoms with Crippen molar-refractivity contribution in [3.8, 4) is 0 Å². The van der Waals surface area contributed by atoms with Crippen LogP contribution in [0.3, 0.4) is 0 Å². The van der Waals surface area contributed by atoms with Crippen LogP contribution in [0.5, 0.6) is 0 Å². The Kier molecular flexibility index (Phi) is 5.43. The van der Waals surface area contributed by atoms with Crippen LogP contribution >= 0.6 is 0 Å². The molecule has 0 aromatic heterocycles. The van der Waals surface area contributed by atoms with Crippen molar-refractivity contribution in [2.75, 3.05) is 6.54 Å². The highest BCUT2D eigenvalue weighted by Crippen LogP contribution is 2.17. The van der Waals surface area contributed by atoms with Crippen molar-refractivity contribution in [1.82, 2.24) is 4.90 Å².